The number of benzene rings is 1. The molecule has 1 heterocycles. The Morgan fingerprint density at radius 2 is 2.37 bits per heavy atom. The molecule has 0 radical (unpaired) electrons. The maximum absolute atomic E-state index is 13.4. The highest BCUT2D eigenvalue weighted by molar-refractivity contribution is 5.68. The third kappa shape index (κ3) is 3.23. The average Bonchev–Trinajstić information content (AvgIpc) is 2.90. The van der Waals surface area contributed by atoms with Crippen molar-refractivity contribution in [3.05, 3.63) is 54.9 Å². The Hall–Kier alpha value is -2.54. The highest BCUT2D eigenvalue weighted by atomic mass is 19.1. The average molecular weight is 256 g/mol. The molecule has 0 atom stereocenters. The minimum absolute atomic E-state index is 0.136. The zero-order valence-electron chi connectivity index (χ0n) is 10.3. The van der Waals surface area contributed by atoms with Crippen LogP contribution in [0.1, 0.15) is 5.56 Å². The van der Waals surface area contributed by atoms with Crippen LogP contribution in [-0.4, -0.2) is 16.2 Å². The summed E-state index contributed by atoms with van der Waals surface area (Å²) in [6.45, 7) is 4.61. The molecule has 19 heavy (non-hydrogen) atoms. The molecule has 3 nitrogen and oxygen atoms in total. The van der Waals surface area contributed by atoms with Crippen molar-refractivity contribution in [3.63, 3.8) is 0 Å². The minimum atomic E-state index is -0.338. The van der Waals surface area contributed by atoms with Crippen LogP contribution < -0.4 is 4.74 Å². The number of rotatable bonds is 5. The SMILES string of the molecule is C#CCOc1ccc(F)cc1C(=C)Cn1ccnc1. The summed E-state index contributed by atoms with van der Waals surface area (Å²) in [5, 5.41) is 0. The van der Waals surface area contributed by atoms with Crippen molar-refractivity contribution in [1.29, 1.82) is 0 Å². The largest absolute Gasteiger partial charge is 0.480 e. The van der Waals surface area contributed by atoms with Crippen molar-refractivity contribution < 1.29 is 9.13 Å². The number of terminal acetylenes is 1. The second kappa shape index (κ2) is 5.87. The van der Waals surface area contributed by atoms with E-state index in [1.807, 2.05) is 10.8 Å². The summed E-state index contributed by atoms with van der Waals surface area (Å²) < 4.78 is 20.6. The number of nitrogens with zero attached hydrogens (tertiary/aromatic N) is 2. The van der Waals surface area contributed by atoms with E-state index in [2.05, 4.69) is 17.5 Å². The van der Waals surface area contributed by atoms with Gasteiger partial charge in [0.25, 0.3) is 0 Å². The Morgan fingerprint density at radius 3 is 3.05 bits per heavy atom. The van der Waals surface area contributed by atoms with Crippen molar-refractivity contribution in [1.82, 2.24) is 9.55 Å². The van der Waals surface area contributed by atoms with Crippen molar-refractivity contribution in [2.45, 2.75) is 6.54 Å². The molecule has 0 bridgehead atoms. The van der Waals surface area contributed by atoms with E-state index in [1.165, 1.54) is 12.1 Å². The van der Waals surface area contributed by atoms with Gasteiger partial charge in [-0.15, -0.1) is 6.42 Å². The van der Waals surface area contributed by atoms with E-state index in [0.717, 1.165) is 5.57 Å². The Balaban J connectivity index is 2.24. The van der Waals surface area contributed by atoms with Gasteiger partial charge in [-0.25, -0.2) is 9.37 Å². The van der Waals surface area contributed by atoms with Crippen LogP contribution in [0.15, 0.2) is 43.5 Å². The molecule has 0 aliphatic carbocycles. The first-order valence-electron chi connectivity index (χ1n) is 5.70. The lowest BCUT2D eigenvalue weighted by atomic mass is 10.1. The molecular formula is C15H13FN2O. The molecule has 1 aromatic carbocycles. The number of hydrogen-bond donors (Lipinski definition) is 0. The smallest absolute Gasteiger partial charge is 0.148 e. The first kappa shape index (κ1) is 12.9. The second-order valence-corrected chi connectivity index (χ2v) is 3.97. The maximum atomic E-state index is 13.4. The van der Waals surface area contributed by atoms with E-state index >= 15 is 0 Å². The van der Waals surface area contributed by atoms with Gasteiger partial charge in [-0.1, -0.05) is 12.5 Å². The molecule has 2 rings (SSSR count). The molecule has 0 saturated carbocycles. The van der Waals surface area contributed by atoms with Crippen molar-refractivity contribution in [2.75, 3.05) is 6.61 Å². The summed E-state index contributed by atoms with van der Waals surface area (Å²) in [7, 11) is 0. The number of hydrogen-bond acceptors (Lipinski definition) is 2. The van der Waals surface area contributed by atoms with Crippen LogP contribution in [0.5, 0.6) is 5.75 Å². The normalized spacial score (nSPS) is 9.89. The summed E-state index contributed by atoms with van der Waals surface area (Å²) in [5.41, 5.74) is 1.34. The molecule has 0 fully saturated rings. The monoisotopic (exact) mass is 256 g/mol. The Morgan fingerprint density at radius 1 is 1.53 bits per heavy atom. The van der Waals surface area contributed by atoms with Crippen LogP contribution in [0.3, 0.4) is 0 Å². The van der Waals surface area contributed by atoms with E-state index in [-0.39, 0.29) is 12.4 Å². The first-order chi connectivity index (χ1) is 9.20. The quantitative estimate of drug-likeness (QED) is 0.769. The van der Waals surface area contributed by atoms with Gasteiger partial charge < -0.3 is 9.30 Å². The number of aromatic nitrogens is 2. The summed E-state index contributed by atoms with van der Waals surface area (Å²) in [4.78, 5) is 3.95. The van der Waals surface area contributed by atoms with Gasteiger partial charge in [-0.05, 0) is 23.8 Å². The van der Waals surface area contributed by atoms with Gasteiger partial charge in [-0.2, -0.15) is 0 Å². The molecule has 2 aromatic rings. The molecule has 0 N–H and O–H groups in total. The highest BCUT2D eigenvalue weighted by Gasteiger charge is 2.09. The maximum Gasteiger partial charge on any atom is 0.148 e. The lowest BCUT2D eigenvalue weighted by molar-refractivity contribution is 0.368. The predicted octanol–water partition coefficient (Wildman–Crippen LogP) is 2.75. The number of halogens is 1. The Bertz CT molecular complexity index is 612. The van der Waals surface area contributed by atoms with Gasteiger partial charge >= 0.3 is 0 Å². The van der Waals surface area contributed by atoms with Crippen LogP contribution in [0.4, 0.5) is 4.39 Å². The van der Waals surface area contributed by atoms with E-state index in [0.29, 0.717) is 17.9 Å². The van der Waals surface area contributed by atoms with Crippen molar-refractivity contribution >= 4 is 5.57 Å². The molecule has 0 spiro atoms. The molecule has 0 aliphatic heterocycles. The first-order valence-corrected chi connectivity index (χ1v) is 5.70. The lowest BCUT2D eigenvalue weighted by Gasteiger charge is -2.12. The predicted molar refractivity (Wildman–Crippen MR) is 72.0 cm³/mol. The van der Waals surface area contributed by atoms with E-state index in [9.17, 15) is 4.39 Å². The van der Waals surface area contributed by atoms with E-state index in [4.69, 9.17) is 11.2 Å². The zero-order valence-corrected chi connectivity index (χ0v) is 10.3. The Kier molecular flexibility index (Phi) is 3.99. The number of imidazole rings is 1. The summed E-state index contributed by atoms with van der Waals surface area (Å²) >= 11 is 0. The molecule has 0 amide bonds. The fourth-order valence-corrected chi connectivity index (χ4v) is 1.71. The van der Waals surface area contributed by atoms with Gasteiger partial charge in [0.05, 0.1) is 6.33 Å². The molecule has 0 saturated heterocycles. The van der Waals surface area contributed by atoms with Gasteiger partial charge in [0, 0.05) is 24.5 Å². The molecule has 0 unspecified atom stereocenters. The highest BCUT2D eigenvalue weighted by Crippen LogP contribution is 2.27. The second-order valence-electron chi connectivity index (χ2n) is 3.97. The third-order valence-corrected chi connectivity index (χ3v) is 2.57. The standard InChI is InChI=1S/C15H13FN2O/c1-3-8-19-15-5-4-13(16)9-14(15)12(2)10-18-7-6-17-11-18/h1,4-7,9,11H,2,8,10H2. The van der Waals surface area contributed by atoms with E-state index in [1.54, 1.807) is 18.6 Å². The van der Waals surface area contributed by atoms with Gasteiger partial charge in [0.1, 0.15) is 18.2 Å². The third-order valence-electron chi connectivity index (χ3n) is 2.57. The van der Waals surface area contributed by atoms with Gasteiger partial charge in [0.15, 0.2) is 0 Å². The van der Waals surface area contributed by atoms with Crippen LogP contribution in [0.2, 0.25) is 0 Å². The summed E-state index contributed by atoms with van der Waals surface area (Å²) in [6.07, 6.45) is 10.3. The fraction of sp³-hybridized carbons (Fsp3) is 0.133. The van der Waals surface area contributed by atoms with E-state index < -0.39 is 0 Å². The molecule has 96 valence electrons. The van der Waals surface area contributed by atoms with Crippen molar-refractivity contribution in [2.24, 2.45) is 0 Å². The number of allylic oxidation sites excluding steroid dienone is 1. The van der Waals surface area contributed by atoms with Gasteiger partial charge in [-0.3, -0.25) is 0 Å². The summed E-state index contributed by atoms with van der Waals surface area (Å²) in [6, 6.07) is 4.28. The minimum Gasteiger partial charge on any atom is -0.480 e. The fourth-order valence-electron chi connectivity index (χ4n) is 1.71. The number of ether oxygens (including phenoxy) is 1. The van der Waals surface area contributed by atoms with Crippen LogP contribution >= 0.6 is 0 Å². The lowest BCUT2D eigenvalue weighted by Crippen LogP contribution is -2.02. The topological polar surface area (TPSA) is 27.1 Å². The zero-order chi connectivity index (χ0) is 13.7. The van der Waals surface area contributed by atoms with Crippen LogP contribution in [0, 0.1) is 18.2 Å². The molecule has 1 aromatic heterocycles. The van der Waals surface area contributed by atoms with Crippen LogP contribution in [-0.2, 0) is 6.54 Å². The Labute approximate surface area is 111 Å². The molecule has 4 heteroatoms. The van der Waals surface area contributed by atoms with Gasteiger partial charge in [0.2, 0.25) is 0 Å². The van der Waals surface area contributed by atoms with Crippen molar-refractivity contribution in [3.8, 4) is 18.1 Å². The molecule has 0 aliphatic rings. The molecular weight excluding hydrogens is 243 g/mol. The van der Waals surface area contributed by atoms with Crippen LogP contribution in [0.25, 0.3) is 5.57 Å². The summed E-state index contributed by atoms with van der Waals surface area (Å²) in [5.74, 6) is 2.58.